The maximum atomic E-state index is 11.9. The van der Waals surface area contributed by atoms with Gasteiger partial charge in [-0.05, 0) is 11.1 Å². The van der Waals surface area contributed by atoms with Crippen LogP contribution in [0.4, 0.5) is 0 Å². The van der Waals surface area contributed by atoms with Crippen molar-refractivity contribution in [2.75, 3.05) is 0 Å². The molecule has 1 heteroatoms. The number of carbonyl (C=O) groups excluding carboxylic acids is 1. The molecule has 0 spiro atoms. The minimum atomic E-state index is 0.149. The summed E-state index contributed by atoms with van der Waals surface area (Å²) in [7, 11) is 0. The summed E-state index contributed by atoms with van der Waals surface area (Å²) in [6.07, 6.45) is 0. The summed E-state index contributed by atoms with van der Waals surface area (Å²) in [5, 5.41) is 0. The molecule has 3 aromatic rings. The van der Waals surface area contributed by atoms with E-state index in [1.807, 2.05) is 84.9 Å². The van der Waals surface area contributed by atoms with Crippen molar-refractivity contribution >= 4 is 5.78 Å². The van der Waals surface area contributed by atoms with Crippen LogP contribution in [0.25, 0.3) is 11.1 Å². The predicted octanol–water partition coefficient (Wildman–Crippen LogP) is 4.58. The topological polar surface area (TPSA) is 17.1 Å². The van der Waals surface area contributed by atoms with E-state index >= 15 is 0 Å². The number of rotatable bonds is 0. The first-order valence-corrected chi connectivity index (χ1v) is 6.61. The molecule has 0 N–H and O–H groups in total. The van der Waals surface area contributed by atoms with Crippen molar-refractivity contribution in [2.24, 2.45) is 0 Å². The number of hydrogen-bond donors (Lipinski definition) is 0. The average molecular weight is 258 g/mol. The van der Waals surface area contributed by atoms with Gasteiger partial charge in [-0.25, -0.2) is 0 Å². The highest BCUT2D eigenvalue weighted by atomic mass is 16.1. The lowest BCUT2D eigenvalue weighted by Gasteiger charge is -1.96. The molecule has 1 aliphatic carbocycles. The van der Waals surface area contributed by atoms with Crippen LogP contribution in [-0.4, -0.2) is 5.78 Å². The van der Waals surface area contributed by atoms with E-state index in [1.54, 1.807) is 0 Å². The molecule has 1 nitrogen and oxygen atoms in total. The maximum Gasteiger partial charge on any atom is 0.194 e. The largest absolute Gasteiger partial charge is 0.289 e. The molecule has 0 fully saturated rings. The fourth-order valence-corrected chi connectivity index (χ4v) is 2.36. The Morgan fingerprint density at radius 3 is 1.05 bits per heavy atom. The Hall–Kier alpha value is -2.67. The van der Waals surface area contributed by atoms with Crippen molar-refractivity contribution in [1.29, 1.82) is 0 Å². The molecule has 0 atom stereocenters. The summed E-state index contributed by atoms with van der Waals surface area (Å²) in [6.45, 7) is 0. The van der Waals surface area contributed by atoms with E-state index in [1.165, 1.54) is 0 Å². The Morgan fingerprint density at radius 1 is 0.400 bits per heavy atom. The third-order valence-corrected chi connectivity index (χ3v) is 3.30. The van der Waals surface area contributed by atoms with Gasteiger partial charge in [-0.3, -0.25) is 4.79 Å². The van der Waals surface area contributed by atoms with Crippen LogP contribution in [0.5, 0.6) is 0 Å². The number of carbonyl (C=O) groups is 1. The van der Waals surface area contributed by atoms with E-state index in [0.717, 1.165) is 22.3 Å². The van der Waals surface area contributed by atoms with Crippen LogP contribution in [0, 0.1) is 0 Å². The molecule has 20 heavy (non-hydrogen) atoms. The van der Waals surface area contributed by atoms with Gasteiger partial charge in [-0.15, -0.1) is 0 Å². The van der Waals surface area contributed by atoms with Crippen molar-refractivity contribution in [3.8, 4) is 11.1 Å². The normalized spacial score (nSPS) is 11.1. The molecule has 0 radical (unpaired) electrons. The molecule has 0 aliphatic heterocycles. The molecule has 0 amide bonds. The molecular weight excluding hydrogens is 244 g/mol. The summed E-state index contributed by atoms with van der Waals surface area (Å²) in [6, 6.07) is 27.5. The van der Waals surface area contributed by atoms with Gasteiger partial charge in [0.2, 0.25) is 0 Å². The van der Waals surface area contributed by atoms with Gasteiger partial charge in [0.05, 0.1) is 0 Å². The minimum absolute atomic E-state index is 0.149. The van der Waals surface area contributed by atoms with E-state index in [9.17, 15) is 4.79 Å². The molecule has 1 aliphatic rings. The fraction of sp³-hybridized carbons (Fsp3) is 0. The third-order valence-electron chi connectivity index (χ3n) is 3.30. The second kappa shape index (κ2) is 5.54. The quantitative estimate of drug-likeness (QED) is 0.451. The van der Waals surface area contributed by atoms with Crippen LogP contribution in [0.3, 0.4) is 0 Å². The smallest absolute Gasteiger partial charge is 0.194 e. The molecule has 3 aromatic carbocycles. The zero-order valence-corrected chi connectivity index (χ0v) is 11.0. The molecule has 0 bridgehead atoms. The standard InChI is InChI=1S/C13H8O.C6H6/c14-13-11-7-3-1-5-9(11)10-6-2-4-8-12(10)13;1-2-4-6-5-3-1/h1-8H;1-6H. The molecule has 0 aromatic heterocycles. The second-order valence-corrected chi connectivity index (χ2v) is 4.57. The van der Waals surface area contributed by atoms with Crippen LogP contribution in [0.1, 0.15) is 15.9 Å². The van der Waals surface area contributed by atoms with Gasteiger partial charge in [0.1, 0.15) is 0 Å². The van der Waals surface area contributed by atoms with E-state index in [2.05, 4.69) is 0 Å². The average Bonchev–Trinajstić information content (AvgIpc) is 2.84. The molecule has 96 valence electrons. The van der Waals surface area contributed by atoms with Gasteiger partial charge in [-0.1, -0.05) is 84.9 Å². The van der Waals surface area contributed by atoms with Gasteiger partial charge in [0, 0.05) is 11.1 Å². The lowest BCUT2D eigenvalue weighted by Crippen LogP contribution is -1.93. The zero-order chi connectivity index (χ0) is 13.8. The van der Waals surface area contributed by atoms with Gasteiger partial charge in [0.25, 0.3) is 0 Å². The summed E-state index contributed by atoms with van der Waals surface area (Å²) in [5.41, 5.74) is 3.78. The molecule has 4 rings (SSSR count). The fourth-order valence-electron chi connectivity index (χ4n) is 2.36. The van der Waals surface area contributed by atoms with Gasteiger partial charge in [-0.2, -0.15) is 0 Å². The van der Waals surface area contributed by atoms with Crippen molar-refractivity contribution in [3.05, 3.63) is 96.1 Å². The van der Waals surface area contributed by atoms with Crippen molar-refractivity contribution < 1.29 is 4.79 Å². The van der Waals surface area contributed by atoms with Crippen LogP contribution in [0.15, 0.2) is 84.9 Å². The molecule has 0 saturated heterocycles. The van der Waals surface area contributed by atoms with Gasteiger partial charge in [0.15, 0.2) is 5.78 Å². The molecule has 0 unspecified atom stereocenters. The summed E-state index contributed by atoms with van der Waals surface area (Å²) >= 11 is 0. The molecule has 0 heterocycles. The highest BCUT2D eigenvalue weighted by Crippen LogP contribution is 2.35. The first-order valence-electron chi connectivity index (χ1n) is 6.61. The van der Waals surface area contributed by atoms with Crippen molar-refractivity contribution in [1.82, 2.24) is 0 Å². The van der Waals surface area contributed by atoms with E-state index in [4.69, 9.17) is 0 Å². The molecular formula is C19H14O. The summed E-state index contributed by atoms with van der Waals surface area (Å²) < 4.78 is 0. The SMILES string of the molecule is O=C1c2ccccc2-c2ccccc21.c1ccccc1. The Kier molecular flexibility index (Phi) is 3.42. The lowest BCUT2D eigenvalue weighted by atomic mass is 10.1. The first kappa shape index (κ1) is 12.4. The summed E-state index contributed by atoms with van der Waals surface area (Å²) in [5.74, 6) is 0.149. The van der Waals surface area contributed by atoms with Crippen molar-refractivity contribution in [3.63, 3.8) is 0 Å². The number of hydrogen-bond acceptors (Lipinski definition) is 1. The van der Waals surface area contributed by atoms with Crippen LogP contribution in [-0.2, 0) is 0 Å². The zero-order valence-electron chi connectivity index (χ0n) is 11.0. The monoisotopic (exact) mass is 258 g/mol. The number of benzene rings is 3. The highest BCUT2D eigenvalue weighted by Gasteiger charge is 2.24. The Balaban J connectivity index is 0.000000170. The van der Waals surface area contributed by atoms with Crippen LogP contribution >= 0.6 is 0 Å². The number of fused-ring (bicyclic) bond motifs is 3. The van der Waals surface area contributed by atoms with Crippen LogP contribution < -0.4 is 0 Å². The van der Waals surface area contributed by atoms with Crippen molar-refractivity contribution in [2.45, 2.75) is 0 Å². The number of ketones is 1. The third kappa shape index (κ3) is 2.26. The van der Waals surface area contributed by atoms with Crippen LogP contribution in [0.2, 0.25) is 0 Å². The minimum Gasteiger partial charge on any atom is -0.289 e. The molecule has 0 saturated carbocycles. The summed E-state index contributed by atoms with van der Waals surface area (Å²) in [4.78, 5) is 11.9. The maximum absolute atomic E-state index is 11.9. The second-order valence-electron chi connectivity index (χ2n) is 4.57. The van der Waals surface area contributed by atoms with Gasteiger partial charge < -0.3 is 0 Å². The van der Waals surface area contributed by atoms with Gasteiger partial charge >= 0.3 is 0 Å². The van der Waals surface area contributed by atoms with E-state index < -0.39 is 0 Å². The highest BCUT2D eigenvalue weighted by molar-refractivity contribution is 6.21. The predicted molar refractivity (Wildman–Crippen MR) is 81.8 cm³/mol. The Labute approximate surface area is 118 Å². The van der Waals surface area contributed by atoms with E-state index in [0.29, 0.717) is 0 Å². The Morgan fingerprint density at radius 2 is 0.700 bits per heavy atom. The van der Waals surface area contributed by atoms with E-state index in [-0.39, 0.29) is 5.78 Å². The first-order chi connectivity index (χ1) is 9.88. The lowest BCUT2D eigenvalue weighted by molar-refractivity contribution is 0.104. The Bertz CT molecular complexity index is 655.